The van der Waals surface area contributed by atoms with Crippen molar-refractivity contribution in [3.05, 3.63) is 20.8 Å². The van der Waals surface area contributed by atoms with Crippen molar-refractivity contribution in [3.63, 3.8) is 0 Å². The number of piperidine rings is 1. The fourth-order valence-corrected chi connectivity index (χ4v) is 4.44. The number of thiophene rings is 1. The number of halogens is 1. The van der Waals surface area contributed by atoms with E-state index in [1.54, 1.807) is 11.3 Å². The van der Waals surface area contributed by atoms with Gasteiger partial charge in [0.15, 0.2) is 0 Å². The van der Waals surface area contributed by atoms with Crippen molar-refractivity contribution < 1.29 is 5.11 Å². The Morgan fingerprint density at radius 3 is 2.89 bits per heavy atom. The molecule has 1 saturated heterocycles. The van der Waals surface area contributed by atoms with Gasteiger partial charge >= 0.3 is 0 Å². The SMILES string of the molecule is CCC(N)C(c1cc(Br)cs1)N1CCC(O)C(C)C1. The zero-order valence-corrected chi connectivity index (χ0v) is 14.0. The molecular weight excluding hydrogens is 324 g/mol. The summed E-state index contributed by atoms with van der Waals surface area (Å²) in [5.74, 6) is 0.323. The first-order valence-corrected chi connectivity index (χ1v) is 8.61. The first-order chi connectivity index (χ1) is 9.02. The van der Waals surface area contributed by atoms with E-state index in [-0.39, 0.29) is 18.2 Å². The quantitative estimate of drug-likeness (QED) is 0.880. The van der Waals surface area contributed by atoms with Gasteiger partial charge in [-0.25, -0.2) is 0 Å². The summed E-state index contributed by atoms with van der Waals surface area (Å²) in [4.78, 5) is 3.77. The second-order valence-corrected chi connectivity index (χ2v) is 7.37. The van der Waals surface area contributed by atoms with Gasteiger partial charge in [-0.1, -0.05) is 13.8 Å². The Balaban J connectivity index is 2.18. The molecule has 19 heavy (non-hydrogen) atoms. The van der Waals surface area contributed by atoms with Crippen LogP contribution in [0.1, 0.15) is 37.6 Å². The standard InChI is InChI=1S/C14H23BrN2OS/c1-3-11(16)14(13-6-10(15)8-19-13)17-5-4-12(18)9(2)7-17/h6,8-9,11-12,14,18H,3-5,7,16H2,1-2H3. The summed E-state index contributed by atoms with van der Waals surface area (Å²) < 4.78 is 1.13. The lowest BCUT2D eigenvalue weighted by molar-refractivity contribution is 0.0119. The van der Waals surface area contributed by atoms with Crippen LogP contribution >= 0.6 is 27.3 Å². The number of likely N-dealkylation sites (tertiary alicyclic amines) is 1. The highest BCUT2D eigenvalue weighted by Gasteiger charge is 2.32. The molecule has 3 nitrogen and oxygen atoms in total. The van der Waals surface area contributed by atoms with Crippen LogP contribution in [0.4, 0.5) is 0 Å². The molecule has 0 bridgehead atoms. The van der Waals surface area contributed by atoms with E-state index < -0.39 is 0 Å². The lowest BCUT2D eigenvalue weighted by Gasteiger charge is -2.41. The van der Waals surface area contributed by atoms with Gasteiger partial charge in [0.2, 0.25) is 0 Å². The molecule has 0 radical (unpaired) electrons. The van der Waals surface area contributed by atoms with Gasteiger partial charge in [-0.2, -0.15) is 0 Å². The van der Waals surface area contributed by atoms with Crippen LogP contribution in [-0.2, 0) is 0 Å². The Bertz CT molecular complexity index is 412. The summed E-state index contributed by atoms with van der Waals surface area (Å²) >= 11 is 5.29. The Morgan fingerprint density at radius 1 is 1.63 bits per heavy atom. The molecule has 0 aliphatic carbocycles. The molecule has 0 aromatic carbocycles. The minimum Gasteiger partial charge on any atom is -0.393 e. The molecule has 3 N–H and O–H groups in total. The monoisotopic (exact) mass is 346 g/mol. The van der Waals surface area contributed by atoms with Gasteiger partial charge in [0, 0.05) is 33.9 Å². The van der Waals surface area contributed by atoms with Crippen LogP contribution in [-0.4, -0.2) is 35.2 Å². The molecule has 2 rings (SSSR count). The van der Waals surface area contributed by atoms with Crippen LogP contribution in [0.25, 0.3) is 0 Å². The Morgan fingerprint density at radius 2 is 2.37 bits per heavy atom. The van der Waals surface area contributed by atoms with Crippen LogP contribution < -0.4 is 5.73 Å². The molecule has 4 atom stereocenters. The van der Waals surface area contributed by atoms with Crippen molar-refractivity contribution in [1.82, 2.24) is 4.90 Å². The van der Waals surface area contributed by atoms with Crippen molar-refractivity contribution in [1.29, 1.82) is 0 Å². The lowest BCUT2D eigenvalue weighted by Crippen LogP contribution is -2.48. The Kier molecular flexibility index (Phi) is 5.43. The average molecular weight is 347 g/mol. The van der Waals surface area contributed by atoms with Crippen molar-refractivity contribution >= 4 is 27.3 Å². The predicted octanol–water partition coefficient (Wildman–Crippen LogP) is 2.99. The van der Waals surface area contributed by atoms with Crippen LogP contribution in [0.3, 0.4) is 0 Å². The summed E-state index contributed by atoms with van der Waals surface area (Å²) in [5, 5.41) is 12.0. The zero-order valence-electron chi connectivity index (χ0n) is 11.6. The van der Waals surface area contributed by atoms with Crippen LogP contribution in [0, 0.1) is 5.92 Å². The van der Waals surface area contributed by atoms with E-state index in [2.05, 4.69) is 46.1 Å². The molecule has 0 saturated carbocycles. The van der Waals surface area contributed by atoms with E-state index in [4.69, 9.17) is 5.73 Å². The minimum atomic E-state index is -0.162. The van der Waals surface area contributed by atoms with Gasteiger partial charge in [0.25, 0.3) is 0 Å². The highest BCUT2D eigenvalue weighted by atomic mass is 79.9. The smallest absolute Gasteiger partial charge is 0.0593 e. The van der Waals surface area contributed by atoms with Crippen molar-refractivity contribution in [2.75, 3.05) is 13.1 Å². The summed E-state index contributed by atoms with van der Waals surface area (Å²) in [6, 6.07) is 2.60. The number of hydrogen-bond donors (Lipinski definition) is 2. The topological polar surface area (TPSA) is 49.5 Å². The summed E-state index contributed by atoms with van der Waals surface area (Å²) in [6.07, 6.45) is 1.65. The molecular formula is C14H23BrN2OS. The minimum absolute atomic E-state index is 0.146. The van der Waals surface area contributed by atoms with Gasteiger partial charge in [-0.15, -0.1) is 11.3 Å². The molecule has 1 aromatic heterocycles. The van der Waals surface area contributed by atoms with Crippen molar-refractivity contribution in [3.8, 4) is 0 Å². The maximum absolute atomic E-state index is 9.88. The highest BCUT2D eigenvalue weighted by Crippen LogP contribution is 2.34. The van der Waals surface area contributed by atoms with Crippen molar-refractivity contribution in [2.45, 2.75) is 44.9 Å². The van der Waals surface area contributed by atoms with Crippen LogP contribution in [0.15, 0.2) is 15.9 Å². The summed E-state index contributed by atoms with van der Waals surface area (Å²) in [7, 11) is 0. The number of aliphatic hydroxyl groups excluding tert-OH is 1. The fourth-order valence-electron chi connectivity index (χ4n) is 2.79. The molecule has 1 fully saturated rings. The van der Waals surface area contributed by atoms with Gasteiger partial charge in [-0.05, 0) is 40.8 Å². The second kappa shape index (κ2) is 6.68. The lowest BCUT2D eigenvalue weighted by atomic mass is 9.93. The molecule has 1 aliphatic heterocycles. The molecule has 2 heterocycles. The van der Waals surface area contributed by atoms with Crippen LogP contribution in [0.2, 0.25) is 0 Å². The fraction of sp³-hybridized carbons (Fsp3) is 0.714. The number of hydrogen-bond acceptors (Lipinski definition) is 4. The number of nitrogens with two attached hydrogens (primary N) is 1. The summed E-state index contributed by atoms with van der Waals surface area (Å²) in [6.45, 7) is 6.12. The third kappa shape index (κ3) is 3.58. The third-order valence-electron chi connectivity index (χ3n) is 4.04. The Labute approximate surface area is 127 Å². The normalized spacial score (nSPS) is 28.3. The summed E-state index contributed by atoms with van der Waals surface area (Å²) in [5.41, 5.74) is 6.36. The van der Waals surface area contributed by atoms with E-state index in [1.165, 1.54) is 4.88 Å². The number of rotatable bonds is 4. The number of nitrogens with zero attached hydrogens (tertiary/aromatic N) is 1. The molecule has 5 heteroatoms. The molecule has 0 amide bonds. The molecule has 0 spiro atoms. The molecule has 1 aliphatic rings. The highest BCUT2D eigenvalue weighted by molar-refractivity contribution is 9.10. The van der Waals surface area contributed by atoms with Gasteiger partial charge < -0.3 is 10.8 Å². The Hall–Kier alpha value is 0.0600. The van der Waals surface area contributed by atoms with Gasteiger partial charge in [0.1, 0.15) is 0 Å². The first-order valence-electron chi connectivity index (χ1n) is 6.94. The average Bonchev–Trinajstić information content (AvgIpc) is 2.80. The van der Waals surface area contributed by atoms with Gasteiger partial charge in [-0.3, -0.25) is 4.90 Å². The van der Waals surface area contributed by atoms with Crippen molar-refractivity contribution in [2.24, 2.45) is 11.7 Å². The molecule has 1 aromatic rings. The van der Waals surface area contributed by atoms with E-state index in [0.717, 1.165) is 30.4 Å². The van der Waals surface area contributed by atoms with E-state index >= 15 is 0 Å². The molecule has 4 unspecified atom stereocenters. The maximum Gasteiger partial charge on any atom is 0.0593 e. The maximum atomic E-state index is 9.88. The van der Waals surface area contributed by atoms with Gasteiger partial charge in [0.05, 0.1) is 12.1 Å². The zero-order chi connectivity index (χ0) is 14.0. The second-order valence-electron chi connectivity index (χ2n) is 5.51. The van der Waals surface area contributed by atoms with E-state index in [1.807, 2.05) is 0 Å². The third-order valence-corrected chi connectivity index (χ3v) is 5.81. The van der Waals surface area contributed by atoms with Crippen LogP contribution in [0.5, 0.6) is 0 Å². The number of aliphatic hydroxyl groups is 1. The van der Waals surface area contributed by atoms with E-state index in [0.29, 0.717) is 5.92 Å². The first kappa shape index (κ1) is 15.4. The largest absolute Gasteiger partial charge is 0.393 e. The predicted molar refractivity (Wildman–Crippen MR) is 84.4 cm³/mol. The molecule has 108 valence electrons. The van der Waals surface area contributed by atoms with E-state index in [9.17, 15) is 5.11 Å².